The lowest BCUT2D eigenvalue weighted by molar-refractivity contribution is 0.252. The van der Waals surface area contributed by atoms with E-state index in [0.29, 0.717) is 16.7 Å². The standard InChI is InChI=1S/C11H8ClF2N3O2S2/c12-10-15-5-9(6-16-10)21(18,19)17-7-1-3-8(4-2-7)20-11(13)14/h1-6,11,17H. The van der Waals surface area contributed by atoms with Crippen molar-refractivity contribution in [1.82, 2.24) is 9.97 Å². The van der Waals surface area contributed by atoms with Crippen molar-refractivity contribution >= 4 is 39.1 Å². The third kappa shape index (κ3) is 4.51. The fourth-order valence-electron chi connectivity index (χ4n) is 1.36. The highest BCUT2D eigenvalue weighted by atomic mass is 35.5. The van der Waals surface area contributed by atoms with Crippen molar-refractivity contribution < 1.29 is 17.2 Å². The van der Waals surface area contributed by atoms with Gasteiger partial charge in [0.2, 0.25) is 5.28 Å². The molecule has 2 rings (SSSR count). The molecule has 0 aliphatic heterocycles. The molecule has 1 N–H and O–H groups in total. The molecule has 0 atom stereocenters. The van der Waals surface area contributed by atoms with Crippen molar-refractivity contribution in [2.45, 2.75) is 15.5 Å². The van der Waals surface area contributed by atoms with Gasteiger partial charge in [-0.25, -0.2) is 18.4 Å². The van der Waals surface area contributed by atoms with Crippen molar-refractivity contribution in [3.05, 3.63) is 41.9 Å². The van der Waals surface area contributed by atoms with Gasteiger partial charge in [0.25, 0.3) is 15.8 Å². The van der Waals surface area contributed by atoms with Crippen LogP contribution in [0.15, 0.2) is 46.5 Å². The molecule has 0 saturated heterocycles. The van der Waals surface area contributed by atoms with Gasteiger partial charge in [-0.05, 0) is 35.9 Å². The highest BCUT2D eigenvalue weighted by molar-refractivity contribution is 7.99. The van der Waals surface area contributed by atoms with Gasteiger partial charge < -0.3 is 0 Å². The van der Waals surface area contributed by atoms with Crippen molar-refractivity contribution in [3.8, 4) is 0 Å². The minimum absolute atomic E-state index is 0.0673. The number of aromatic nitrogens is 2. The number of alkyl halides is 2. The van der Waals surface area contributed by atoms with Gasteiger partial charge in [0.05, 0.1) is 12.4 Å². The second-order valence-electron chi connectivity index (χ2n) is 3.70. The first-order chi connectivity index (χ1) is 9.87. The number of sulfonamides is 1. The van der Waals surface area contributed by atoms with E-state index in [0.717, 1.165) is 12.4 Å². The van der Waals surface area contributed by atoms with Crippen LogP contribution >= 0.6 is 23.4 Å². The molecule has 10 heteroatoms. The molecule has 0 spiro atoms. The monoisotopic (exact) mass is 351 g/mol. The zero-order valence-corrected chi connectivity index (χ0v) is 12.6. The minimum atomic E-state index is -3.85. The van der Waals surface area contributed by atoms with Gasteiger partial charge in [-0.1, -0.05) is 11.8 Å². The smallest absolute Gasteiger partial charge is 0.280 e. The number of anilines is 1. The Bertz CT molecular complexity index is 709. The molecular weight excluding hydrogens is 344 g/mol. The molecule has 0 aliphatic carbocycles. The first-order valence-electron chi connectivity index (χ1n) is 5.42. The molecule has 0 unspecified atom stereocenters. The summed E-state index contributed by atoms with van der Waals surface area (Å²) in [5.41, 5.74) is 0.239. The van der Waals surface area contributed by atoms with Crippen LogP contribution in [0.3, 0.4) is 0 Å². The number of rotatable bonds is 5. The Morgan fingerprint density at radius 3 is 2.24 bits per heavy atom. The van der Waals surface area contributed by atoms with E-state index in [-0.39, 0.29) is 15.9 Å². The number of nitrogens with zero attached hydrogens (tertiary/aromatic N) is 2. The summed E-state index contributed by atoms with van der Waals surface area (Å²) >= 11 is 5.86. The van der Waals surface area contributed by atoms with Crippen LogP contribution < -0.4 is 4.72 Å². The lowest BCUT2D eigenvalue weighted by Crippen LogP contribution is -2.13. The van der Waals surface area contributed by atoms with Crippen LogP contribution in [0.2, 0.25) is 5.28 Å². The zero-order chi connectivity index (χ0) is 15.5. The van der Waals surface area contributed by atoms with Crippen molar-refractivity contribution in [2.24, 2.45) is 0 Å². The van der Waals surface area contributed by atoms with Crippen LogP contribution in [0.1, 0.15) is 0 Å². The van der Waals surface area contributed by atoms with Crippen LogP contribution in [-0.2, 0) is 10.0 Å². The van der Waals surface area contributed by atoms with Crippen LogP contribution in [-0.4, -0.2) is 24.1 Å². The number of nitrogens with one attached hydrogen (secondary N) is 1. The van der Waals surface area contributed by atoms with E-state index in [1.165, 1.54) is 24.3 Å². The molecule has 1 heterocycles. The summed E-state index contributed by atoms with van der Waals surface area (Å²) in [6.45, 7) is 0. The third-order valence-electron chi connectivity index (χ3n) is 2.24. The van der Waals surface area contributed by atoms with E-state index in [1.54, 1.807) is 0 Å². The maximum Gasteiger partial charge on any atom is 0.288 e. The van der Waals surface area contributed by atoms with Crippen LogP contribution in [0.25, 0.3) is 0 Å². The van der Waals surface area contributed by atoms with Crippen LogP contribution in [0, 0.1) is 0 Å². The molecule has 1 aromatic heterocycles. The minimum Gasteiger partial charge on any atom is -0.280 e. The molecule has 1 aromatic carbocycles. The number of hydrogen-bond acceptors (Lipinski definition) is 5. The number of benzene rings is 1. The largest absolute Gasteiger partial charge is 0.288 e. The Balaban J connectivity index is 2.15. The van der Waals surface area contributed by atoms with Gasteiger partial charge in [0.1, 0.15) is 4.90 Å². The van der Waals surface area contributed by atoms with Gasteiger partial charge in [-0.2, -0.15) is 8.78 Å². The fourth-order valence-corrected chi connectivity index (χ4v) is 2.90. The summed E-state index contributed by atoms with van der Waals surface area (Å²) in [5.74, 6) is -2.53. The molecule has 0 radical (unpaired) electrons. The van der Waals surface area contributed by atoms with Crippen molar-refractivity contribution in [2.75, 3.05) is 4.72 Å². The normalized spacial score (nSPS) is 11.6. The van der Waals surface area contributed by atoms with Gasteiger partial charge in [-0.3, -0.25) is 4.72 Å². The quantitative estimate of drug-likeness (QED) is 0.661. The summed E-state index contributed by atoms with van der Waals surface area (Å²) in [4.78, 5) is 7.35. The molecule has 0 bridgehead atoms. The highest BCUT2D eigenvalue weighted by Crippen LogP contribution is 2.26. The first-order valence-corrected chi connectivity index (χ1v) is 8.16. The summed E-state index contributed by atoms with van der Waals surface area (Å²) in [6, 6.07) is 5.57. The van der Waals surface area contributed by atoms with Crippen LogP contribution in [0.5, 0.6) is 0 Å². The topological polar surface area (TPSA) is 72.0 Å². The second kappa shape index (κ2) is 6.54. The van der Waals surface area contributed by atoms with E-state index < -0.39 is 15.8 Å². The molecule has 21 heavy (non-hydrogen) atoms. The van der Waals surface area contributed by atoms with Crippen molar-refractivity contribution in [3.63, 3.8) is 0 Å². The summed E-state index contributed by atoms with van der Waals surface area (Å²) < 4.78 is 50.7. The second-order valence-corrected chi connectivity index (χ2v) is 6.78. The van der Waals surface area contributed by atoms with E-state index in [2.05, 4.69) is 14.7 Å². The fraction of sp³-hybridized carbons (Fsp3) is 0.0909. The molecule has 0 saturated carbocycles. The van der Waals surface area contributed by atoms with Gasteiger partial charge in [-0.15, -0.1) is 0 Å². The zero-order valence-electron chi connectivity index (χ0n) is 10.2. The Kier molecular flexibility index (Phi) is 4.96. The third-order valence-corrected chi connectivity index (χ3v) is 4.49. The molecular formula is C11H8ClF2N3O2S2. The summed E-state index contributed by atoms with van der Waals surface area (Å²) in [6.07, 6.45) is 2.14. The van der Waals surface area contributed by atoms with Crippen LogP contribution in [0.4, 0.5) is 14.5 Å². The summed E-state index contributed by atoms with van der Waals surface area (Å²) in [7, 11) is -3.85. The predicted octanol–water partition coefficient (Wildman–Crippen LogP) is 3.25. The van der Waals surface area contributed by atoms with E-state index in [1.807, 2.05) is 0 Å². The van der Waals surface area contributed by atoms with E-state index in [9.17, 15) is 17.2 Å². The summed E-state index contributed by atoms with van der Waals surface area (Å²) in [5, 5.41) is -0.0673. The Hall–Kier alpha value is -1.45. The van der Waals surface area contributed by atoms with Gasteiger partial charge in [0, 0.05) is 10.6 Å². The average Bonchev–Trinajstić information content (AvgIpc) is 2.40. The highest BCUT2D eigenvalue weighted by Gasteiger charge is 2.15. The van der Waals surface area contributed by atoms with Gasteiger partial charge in [0.15, 0.2) is 0 Å². The number of halogens is 3. The maximum absolute atomic E-state index is 12.2. The Morgan fingerprint density at radius 1 is 1.14 bits per heavy atom. The average molecular weight is 352 g/mol. The van der Waals surface area contributed by atoms with Crippen molar-refractivity contribution in [1.29, 1.82) is 0 Å². The first kappa shape index (κ1) is 15.9. The number of thioether (sulfide) groups is 1. The molecule has 0 fully saturated rings. The lowest BCUT2D eigenvalue weighted by atomic mass is 10.3. The van der Waals surface area contributed by atoms with Gasteiger partial charge >= 0.3 is 0 Å². The Morgan fingerprint density at radius 2 is 1.71 bits per heavy atom. The molecule has 0 aliphatic rings. The lowest BCUT2D eigenvalue weighted by Gasteiger charge is -2.08. The number of hydrogen-bond donors (Lipinski definition) is 1. The SMILES string of the molecule is O=S(=O)(Nc1ccc(SC(F)F)cc1)c1cnc(Cl)nc1. The maximum atomic E-state index is 12.2. The Labute approximate surface area is 128 Å². The molecule has 5 nitrogen and oxygen atoms in total. The predicted molar refractivity (Wildman–Crippen MR) is 76.2 cm³/mol. The molecule has 0 amide bonds. The molecule has 2 aromatic rings. The molecule has 112 valence electrons. The van der Waals surface area contributed by atoms with E-state index >= 15 is 0 Å². The van der Waals surface area contributed by atoms with E-state index in [4.69, 9.17) is 11.6 Å².